The fraction of sp³-hybridized carbons (Fsp3) is 1.00. The topological polar surface area (TPSA) is 57.2 Å². The molecular formula is C4F9NaO3S. The second-order valence-corrected chi connectivity index (χ2v) is 4.04. The van der Waals surface area contributed by atoms with Gasteiger partial charge >= 0.3 is 52.8 Å². The summed E-state index contributed by atoms with van der Waals surface area (Å²) < 4.78 is 135. The van der Waals surface area contributed by atoms with Crippen LogP contribution in [0.4, 0.5) is 39.5 Å². The molecule has 0 aromatic carbocycles. The third-order valence-electron chi connectivity index (χ3n) is 1.43. The summed E-state index contributed by atoms with van der Waals surface area (Å²) in [7, 11) is -7.42. The molecule has 0 heterocycles. The van der Waals surface area contributed by atoms with Crippen LogP contribution in [0.2, 0.25) is 0 Å². The predicted octanol–water partition coefficient (Wildman–Crippen LogP) is -1.04. The van der Waals surface area contributed by atoms with Crippen LogP contribution in [0.15, 0.2) is 0 Å². The third-order valence-corrected chi connectivity index (χ3v) is 2.31. The molecule has 0 aliphatic heterocycles. The van der Waals surface area contributed by atoms with Gasteiger partial charge in [-0.3, -0.25) is 0 Å². The molecule has 0 amide bonds. The van der Waals surface area contributed by atoms with E-state index in [0.29, 0.717) is 0 Å². The molecule has 0 unspecified atom stereocenters. The van der Waals surface area contributed by atoms with Crippen LogP contribution in [0, 0.1) is 0 Å². The third kappa shape index (κ3) is 2.89. The molecule has 0 radical (unpaired) electrons. The van der Waals surface area contributed by atoms with E-state index in [-0.39, 0.29) is 29.6 Å². The second-order valence-electron chi connectivity index (χ2n) is 2.62. The van der Waals surface area contributed by atoms with Crippen LogP contribution in [0.25, 0.3) is 0 Å². The van der Waals surface area contributed by atoms with Crippen molar-refractivity contribution in [2.45, 2.75) is 23.3 Å². The molecule has 14 heteroatoms. The van der Waals surface area contributed by atoms with E-state index in [1.165, 1.54) is 0 Å². The van der Waals surface area contributed by atoms with E-state index in [9.17, 15) is 52.5 Å². The minimum Gasteiger partial charge on any atom is -0.743 e. The Labute approximate surface area is 115 Å². The maximum absolute atomic E-state index is 12.2. The number of rotatable bonds is 3. The Balaban J connectivity index is 0. The molecule has 0 aliphatic carbocycles. The van der Waals surface area contributed by atoms with Crippen LogP contribution in [0.5, 0.6) is 0 Å². The number of halogens is 9. The van der Waals surface area contributed by atoms with Crippen molar-refractivity contribution < 1.29 is 82.0 Å². The van der Waals surface area contributed by atoms with Crippen LogP contribution in [-0.2, 0) is 10.1 Å². The standard InChI is InChI=1S/C4HF9O3S.Na/c5-1(6,3(9,10)11)2(7,8)4(12,13)17(14,15)16;/h(H,14,15,16);/q;+1/p-1/i4+1;. The summed E-state index contributed by atoms with van der Waals surface area (Å²) in [6.45, 7) is 0. The van der Waals surface area contributed by atoms with Crippen molar-refractivity contribution in [2.24, 2.45) is 0 Å². The smallest absolute Gasteiger partial charge is 0.743 e. The van der Waals surface area contributed by atoms with Crippen LogP contribution in [0.3, 0.4) is 0 Å². The molecule has 0 saturated carbocycles. The normalized spacial score (nSPS) is 15.2. The first-order chi connectivity index (χ1) is 7.00. The van der Waals surface area contributed by atoms with Gasteiger partial charge in [0.2, 0.25) is 0 Å². The maximum Gasteiger partial charge on any atom is 1.00 e. The first kappa shape index (κ1) is 20.6. The SMILES string of the molecule is O=S(=O)([O-])[13C](F)(F)C(F)(F)C(F)(F)C(F)(F)F.[Na+]. The number of hydrogen-bond donors (Lipinski definition) is 0. The molecule has 0 aromatic heterocycles. The fourth-order valence-electron chi connectivity index (χ4n) is 0.518. The number of hydrogen-bond acceptors (Lipinski definition) is 3. The average molecular weight is 323 g/mol. The molecule has 0 bridgehead atoms. The van der Waals surface area contributed by atoms with Crippen molar-refractivity contribution >= 4 is 10.1 Å². The maximum atomic E-state index is 12.2. The molecule has 104 valence electrons. The second kappa shape index (κ2) is 5.00. The minimum absolute atomic E-state index is 0. The average Bonchev–Trinajstić information content (AvgIpc) is 1.98. The molecule has 0 fully saturated rings. The molecule has 0 saturated heterocycles. The van der Waals surface area contributed by atoms with Gasteiger partial charge in [-0.15, -0.1) is 0 Å². The van der Waals surface area contributed by atoms with Crippen LogP contribution in [0.1, 0.15) is 0 Å². The van der Waals surface area contributed by atoms with Gasteiger partial charge in [-0.1, -0.05) is 0 Å². The monoisotopic (exact) mass is 323 g/mol. The van der Waals surface area contributed by atoms with Gasteiger partial charge in [0.05, 0.1) is 0 Å². The van der Waals surface area contributed by atoms with Crippen molar-refractivity contribution in [1.82, 2.24) is 0 Å². The molecule has 18 heavy (non-hydrogen) atoms. The van der Waals surface area contributed by atoms with Gasteiger partial charge in [0, 0.05) is 0 Å². The summed E-state index contributed by atoms with van der Waals surface area (Å²) in [6, 6.07) is 0. The van der Waals surface area contributed by atoms with Gasteiger partial charge < -0.3 is 4.55 Å². The molecule has 3 nitrogen and oxygen atoms in total. The van der Waals surface area contributed by atoms with E-state index < -0.39 is 33.4 Å². The Hall–Kier alpha value is 0.280. The summed E-state index contributed by atoms with van der Waals surface area (Å²) in [4.78, 5) is 0. The zero-order valence-corrected chi connectivity index (χ0v) is 10.9. The molecular weight excluding hydrogens is 323 g/mol. The Morgan fingerprint density at radius 1 is 0.722 bits per heavy atom. The first-order valence-corrected chi connectivity index (χ1v) is 4.56. The Morgan fingerprint density at radius 3 is 1.17 bits per heavy atom. The first-order valence-electron chi connectivity index (χ1n) is 3.15. The Bertz CT molecular complexity index is 399. The number of alkyl halides is 9. The van der Waals surface area contributed by atoms with E-state index in [2.05, 4.69) is 0 Å². The summed E-state index contributed by atoms with van der Waals surface area (Å²) in [6.07, 6.45) is -7.16. The quantitative estimate of drug-likeness (QED) is 0.289. The van der Waals surface area contributed by atoms with Gasteiger partial charge in [-0.2, -0.15) is 39.5 Å². The molecule has 0 aromatic rings. The van der Waals surface area contributed by atoms with E-state index in [1.807, 2.05) is 0 Å². The molecule has 0 rings (SSSR count). The zero-order valence-electron chi connectivity index (χ0n) is 8.03. The van der Waals surface area contributed by atoms with Crippen molar-refractivity contribution in [1.29, 1.82) is 0 Å². The summed E-state index contributed by atoms with van der Waals surface area (Å²) in [5, 5.41) is -7.11. The summed E-state index contributed by atoms with van der Waals surface area (Å²) in [5.41, 5.74) is 0. The molecule has 0 N–H and O–H groups in total. The van der Waals surface area contributed by atoms with Gasteiger partial charge in [-0.25, -0.2) is 8.42 Å². The molecule has 0 aliphatic rings. The Morgan fingerprint density at radius 2 is 1.00 bits per heavy atom. The molecule has 0 atom stereocenters. The summed E-state index contributed by atoms with van der Waals surface area (Å²) >= 11 is 0. The van der Waals surface area contributed by atoms with Crippen molar-refractivity contribution in [3.63, 3.8) is 0 Å². The van der Waals surface area contributed by atoms with Crippen molar-refractivity contribution in [2.75, 3.05) is 0 Å². The van der Waals surface area contributed by atoms with E-state index >= 15 is 0 Å². The zero-order chi connectivity index (χ0) is 14.5. The van der Waals surface area contributed by atoms with Crippen molar-refractivity contribution in [3.8, 4) is 0 Å². The fourth-order valence-corrected chi connectivity index (χ4v) is 0.960. The van der Waals surface area contributed by atoms with Crippen LogP contribution in [-0.4, -0.2) is 36.2 Å². The van der Waals surface area contributed by atoms with Gasteiger partial charge in [0.1, 0.15) is 0 Å². The van der Waals surface area contributed by atoms with Crippen molar-refractivity contribution in [3.05, 3.63) is 0 Å². The largest absolute Gasteiger partial charge is 1.00 e. The van der Waals surface area contributed by atoms with E-state index in [1.54, 1.807) is 0 Å². The minimum atomic E-state index is -7.43. The van der Waals surface area contributed by atoms with Gasteiger partial charge in [0.15, 0.2) is 10.1 Å². The van der Waals surface area contributed by atoms with Gasteiger partial charge in [0.25, 0.3) is 0 Å². The van der Waals surface area contributed by atoms with Gasteiger partial charge in [-0.05, 0) is 0 Å². The van der Waals surface area contributed by atoms with Crippen LogP contribution >= 0.6 is 0 Å². The summed E-state index contributed by atoms with van der Waals surface area (Å²) in [5.74, 6) is -14.8. The predicted molar refractivity (Wildman–Crippen MR) is 30.6 cm³/mol. The molecule has 0 spiro atoms. The van der Waals surface area contributed by atoms with E-state index in [4.69, 9.17) is 0 Å². The Kier molecular flexibility index (Phi) is 5.72. The van der Waals surface area contributed by atoms with E-state index in [0.717, 1.165) is 0 Å². The van der Waals surface area contributed by atoms with Crippen LogP contribution < -0.4 is 29.6 Å².